The molecular weight excluding hydrogens is 352 g/mol. The highest BCUT2D eigenvalue weighted by atomic mass is 32.2. The predicted octanol–water partition coefficient (Wildman–Crippen LogP) is 3.12. The minimum Gasteiger partial charge on any atom is -0.399 e. The van der Waals surface area contributed by atoms with Gasteiger partial charge in [-0.15, -0.1) is 0 Å². The number of benzene rings is 2. The monoisotopic (exact) mass is 370 g/mol. The first-order valence-corrected chi connectivity index (χ1v) is 8.79. The maximum absolute atomic E-state index is 10.9. The van der Waals surface area contributed by atoms with E-state index in [1.165, 1.54) is 0 Å². The second-order valence-corrected chi connectivity index (χ2v) is 6.15. The Morgan fingerprint density at radius 2 is 1.85 bits per heavy atom. The first-order chi connectivity index (χ1) is 12.5. The normalized spacial score (nSPS) is 11.6. The van der Waals surface area contributed by atoms with Gasteiger partial charge in [-0.25, -0.2) is 9.19 Å². The van der Waals surface area contributed by atoms with E-state index in [0.29, 0.717) is 28.8 Å². The van der Waals surface area contributed by atoms with Gasteiger partial charge in [0.05, 0.1) is 5.69 Å². The lowest BCUT2D eigenvalue weighted by molar-refractivity contribution is 0.570. The van der Waals surface area contributed by atoms with Gasteiger partial charge in [0.15, 0.2) is 0 Å². The van der Waals surface area contributed by atoms with E-state index in [-0.39, 0.29) is 0 Å². The van der Waals surface area contributed by atoms with Crippen molar-refractivity contribution in [1.29, 1.82) is 0 Å². The molecule has 0 amide bonds. The number of hydrogen-bond donors (Lipinski definition) is 4. The van der Waals surface area contributed by atoms with Crippen molar-refractivity contribution in [1.82, 2.24) is 9.97 Å². The second-order valence-electron chi connectivity index (χ2n) is 5.45. The van der Waals surface area contributed by atoms with Gasteiger partial charge in [0.25, 0.3) is 11.3 Å². The Bertz CT molecular complexity index is 919. The molecule has 0 fully saturated rings. The third-order valence-electron chi connectivity index (χ3n) is 3.59. The summed E-state index contributed by atoms with van der Waals surface area (Å²) < 4.78 is 22.2. The average molecular weight is 370 g/mol. The summed E-state index contributed by atoms with van der Waals surface area (Å²) >= 11 is -2.13. The topological polar surface area (TPSA) is 116 Å². The molecule has 0 aliphatic heterocycles. The van der Waals surface area contributed by atoms with E-state index < -0.39 is 11.3 Å². The van der Waals surface area contributed by atoms with Crippen LogP contribution < -0.4 is 20.7 Å². The van der Waals surface area contributed by atoms with Crippen LogP contribution in [0, 0.1) is 0 Å². The number of anilines is 6. The predicted molar refractivity (Wildman–Crippen MR) is 105 cm³/mol. The largest absolute Gasteiger partial charge is 0.399 e. The van der Waals surface area contributed by atoms with Crippen molar-refractivity contribution < 1.29 is 8.76 Å². The van der Waals surface area contributed by atoms with Crippen molar-refractivity contribution in [3.63, 3.8) is 0 Å². The maximum Gasteiger partial charge on any atom is 0.259 e. The zero-order chi connectivity index (χ0) is 18.5. The minimum atomic E-state index is -2.13. The molecule has 1 heterocycles. The lowest BCUT2D eigenvalue weighted by Gasteiger charge is -2.19. The van der Waals surface area contributed by atoms with Crippen LogP contribution in [0.1, 0.15) is 0 Å². The third kappa shape index (κ3) is 4.47. The molecule has 0 saturated heterocycles. The second kappa shape index (κ2) is 7.81. The first kappa shape index (κ1) is 17.6. The molecule has 0 bridgehead atoms. The molecule has 3 rings (SSSR count). The van der Waals surface area contributed by atoms with Crippen molar-refractivity contribution in [3.8, 4) is 0 Å². The maximum atomic E-state index is 10.9. The van der Waals surface area contributed by atoms with Gasteiger partial charge in [-0.05, 0) is 48.5 Å². The smallest absolute Gasteiger partial charge is 0.259 e. The summed E-state index contributed by atoms with van der Waals surface area (Å²) in [4.78, 5) is 10.6. The van der Waals surface area contributed by atoms with E-state index in [1.807, 2.05) is 42.3 Å². The SMILES string of the molecule is CN(c1ccc(N)cc1)c1ccnc(Nc2cccc(NS(=O)O)c2)n1. The zero-order valence-corrected chi connectivity index (χ0v) is 14.8. The highest BCUT2D eigenvalue weighted by molar-refractivity contribution is 7.80. The molecule has 1 atom stereocenters. The van der Waals surface area contributed by atoms with Gasteiger partial charge in [0.2, 0.25) is 5.95 Å². The number of aromatic nitrogens is 2. The van der Waals surface area contributed by atoms with Crippen LogP contribution in [0.25, 0.3) is 0 Å². The number of nitrogens with zero attached hydrogens (tertiary/aromatic N) is 3. The summed E-state index contributed by atoms with van der Waals surface area (Å²) in [5, 5.41) is 3.08. The molecule has 2 aromatic carbocycles. The van der Waals surface area contributed by atoms with E-state index in [0.717, 1.165) is 5.69 Å². The molecule has 0 saturated carbocycles. The van der Waals surface area contributed by atoms with Crippen molar-refractivity contribution in [2.45, 2.75) is 0 Å². The van der Waals surface area contributed by atoms with Crippen molar-refractivity contribution in [2.24, 2.45) is 0 Å². The Morgan fingerprint density at radius 3 is 2.58 bits per heavy atom. The molecule has 0 spiro atoms. The molecule has 9 heteroatoms. The number of nitrogens with one attached hydrogen (secondary N) is 2. The fraction of sp³-hybridized carbons (Fsp3) is 0.0588. The molecule has 1 unspecified atom stereocenters. The van der Waals surface area contributed by atoms with E-state index in [2.05, 4.69) is 20.0 Å². The van der Waals surface area contributed by atoms with Crippen molar-refractivity contribution in [2.75, 3.05) is 27.7 Å². The molecule has 0 aliphatic rings. The van der Waals surface area contributed by atoms with Crippen LogP contribution in [0.3, 0.4) is 0 Å². The third-order valence-corrected chi connectivity index (χ3v) is 4.00. The first-order valence-electron chi connectivity index (χ1n) is 7.68. The van der Waals surface area contributed by atoms with Crippen molar-refractivity contribution >= 4 is 45.8 Å². The highest BCUT2D eigenvalue weighted by Gasteiger charge is 2.07. The Morgan fingerprint density at radius 1 is 1.12 bits per heavy atom. The molecule has 26 heavy (non-hydrogen) atoms. The quantitative estimate of drug-likeness (QED) is 0.389. The number of nitrogen functional groups attached to an aromatic ring is 1. The van der Waals surface area contributed by atoms with Crippen LogP contribution in [0.2, 0.25) is 0 Å². The van der Waals surface area contributed by atoms with E-state index in [9.17, 15) is 4.21 Å². The summed E-state index contributed by atoms with van der Waals surface area (Å²) in [5.41, 5.74) is 8.56. The molecule has 0 radical (unpaired) electrons. The average Bonchev–Trinajstić information content (AvgIpc) is 2.62. The van der Waals surface area contributed by atoms with E-state index in [1.54, 1.807) is 30.5 Å². The van der Waals surface area contributed by atoms with Crippen LogP contribution in [0.4, 0.5) is 34.5 Å². The summed E-state index contributed by atoms with van der Waals surface area (Å²) in [5.74, 6) is 1.12. The van der Waals surface area contributed by atoms with Crippen LogP contribution in [-0.2, 0) is 11.3 Å². The molecule has 5 N–H and O–H groups in total. The fourth-order valence-electron chi connectivity index (χ4n) is 2.32. The molecule has 1 aromatic heterocycles. The zero-order valence-electron chi connectivity index (χ0n) is 14.0. The van der Waals surface area contributed by atoms with Gasteiger partial charge in [0, 0.05) is 30.3 Å². The summed E-state index contributed by atoms with van der Waals surface area (Å²) in [6.07, 6.45) is 1.66. The van der Waals surface area contributed by atoms with Gasteiger partial charge in [0.1, 0.15) is 5.82 Å². The summed E-state index contributed by atoms with van der Waals surface area (Å²) in [6, 6.07) is 16.2. The lowest BCUT2D eigenvalue weighted by atomic mass is 10.2. The molecule has 3 aromatic rings. The summed E-state index contributed by atoms with van der Waals surface area (Å²) in [7, 11) is 1.90. The van der Waals surface area contributed by atoms with Crippen LogP contribution in [0.5, 0.6) is 0 Å². The Hall–Kier alpha value is -3.17. The lowest BCUT2D eigenvalue weighted by Crippen LogP contribution is -2.12. The number of nitrogens with two attached hydrogens (primary N) is 1. The summed E-state index contributed by atoms with van der Waals surface area (Å²) in [6.45, 7) is 0. The van der Waals surface area contributed by atoms with E-state index >= 15 is 0 Å². The van der Waals surface area contributed by atoms with Crippen LogP contribution >= 0.6 is 0 Å². The minimum absolute atomic E-state index is 0.409. The van der Waals surface area contributed by atoms with Gasteiger partial charge >= 0.3 is 0 Å². The highest BCUT2D eigenvalue weighted by Crippen LogP contribution is 2.24. The van der Waals surface area contributed by atoms with Crippen molar-refractivity contribution in [3.05, 3.63) is 60.8 Å². The fourth-order valence-corrected chi connectivity index (χ4v) is 2.65. The Kier molecular flexibility index (Phi) is 5.30. The van der Waals surface area contributed by atoms with Gasteiger partial charge in [-0.2, -0.15) is 4.98 Å². The Labute approximate surface area is 153 Å². The number of rotatable bonds is 6. The van der Waals surface area contributed by atoms with Gasteiger partial charge in [-0.3, -0.25) is 9.27 Å². The number of hydrogen-bond acceptors (Lipinski definition) is 6. The van der Waals surface area contributed by atoms with Gasteiger partial charge in [-0.1, -0.05) is 6.07 Å². The van der Waals surface area contributed by atoms with Crippen LogP contribution in [0.15, 0.2) is 60.8 Å². The van der Waals surface area contributed by atoms with E-state index in [4.69, 9.17) is 10.3 Å². The molecule has 8 nitrogen and oxygen atoms in total. The van der Waals surface area contributed by atoms with Crippen LogP contribution in [-0.4, -0.2) is 25.8 Å². The van der Waals surface area contributed by atoms with Gasteiger partial charge < -0.3 is 16.0 Å². The molecular formula is C17H18N6O2S. The standard InChI is InChI=1S/C17H18N6O2S/c1-23(15-7-5-12(18)6-8-15)16-9-10-19-17(21-16)20-13-3-2-4-14(11-13)22-26(24)25/h2-11,22H,18H2,1H3,(H,24,25)(H,19,20,21). The molecule has 134 valence electrons. The Balaban J connectivity index is 1.79. The molecule has 0 aliphatic carbocycles.